The Kier molecular flexibility index (Phi) is 9.76. The van der Waals surface area contributed by atoms with Gasteiger partial charge in [-0.3, -0.25) is 4.31 Å². The van der Waals surface area contributed by atoms with Gasteiger partial charge in [0, 0.05) is 6.54 Å². The molecule has 0 unspecified atom stereocenters. The van der Waals surface area contributed by atoms with Crippen molar-refractivity contribution < 1.29 is 8.42 Å². The van der Waals surface area contributed by atoms with E-state index in [0.717, 1.165) is 31.6 Å². The molecular formula is C26H34N2O2S. The Morgan fingerprint density at radius 2 is 1.52 bits per heavy atom. The van der Waals surface area contributed by atoms with Crippen LogP contribution in [-0.4, -0.2) is 43.8 Å². The Labute approximate surface area is 188 Å². The molecule has 2 aromatic carbocycles. The first-order valence-electron chi connectivity index (χ1n) is 10.8. The Morgan fingerprint density at radius 3 is 2.06 bits per heavy atom. The van der Waals surface area contributed by atoms with Crippen molar-refractivity contribution in [2.75, 3.05) is 26.2 Å². The van der Waals surface area contributed by atoms with Crippen molar-refractivity contribution in [3.8, 4) is 0 Å². The van der Waals surface area contributed by atoms with Crippen LogP contribution in [0.2, 0.25) is 0 Å². The van der Waals surface area contributed by atoms with Gasteiger partial charge in [-0.05, 0) is 62.3 Å². The average molecular weight is 439 g/mol. The number of sulfonamides is 1. The zero-order chi connectivity index (χ0) is 22.7. The minimum absolute atomic E-state index is 0.282. The molecule has 0 N–H and O–H groups in total. The van der Waals surface area contributed by atoms with Crippen LogP contribution in [0.4, 0.5) is 0 Å². The topological polar surface area (TPSA) is 40.6 Å². The highest BCUT2D eigenvalue weighted by Gasteiger charge is 2.27. The number of nitrogens with zero attached hydrogens (tertiary/aromatic N) is 2. The van der Waals surface area contributed by atoms with Gasteiger partial charge in [0.05, 0.1) is 10.6 Å². The molecule has 5 heteroatoms. The van der Waals surface area contributed by atoms with Crippen LogP contribution in [0.1, 0.15) is 32.8 Å². The standard InChI is InChI=1S/C26H34N2O2S/c1-5-8-20-26(23(4)24-16-11-9-12-17-24)28(22-15-21-27(6-2)7-3)31(29,30)25-18-13-10-14-19-25/h5,8-14,16-20H,4,6-7,15,21-22H2,1-3H3/b8-5-,26-20+. The van der Waals surface area contributed by atoms with Crippen molar-refractivity contribution in [2.24, 2.45) is 0 Å². The first-order chi connectivity index (χ1) is 15.0. The molecule has 0 amide bonds. The van der Waals surface area contributed by atoms with E-state index in [0.29, 0.717) is 17.8 Å². The van der Waals surface area contributed by atoms with Crippen LogP contribution < -0.4 is 0 Å². The van der Waals surface area contributed by atoms with Gasteiger partial charge in [-0.1, -0.05) is 81.1 Å². The summed E-state index contributed by atoms with van der Waals surface area (Å²) in [6, 6.07) is 18.3. The zero-order valence-corrected chi connectivity index (χ0v) is 19.7. The number of allylic oxidation sites excluding steroid dienone is 4. The summed E-state index contributed by atoms with van der Waals surface area (Å²) in [5, 5.41) is 0. The first kappa shape index (κ1) is 24.6. The predicted octanol–water partition coefficient (Wildman–Crippen LogP) is 5.58. The van der Waals surface area contributed by atoms with E-state index >= 15 is 0 Å². The average Bonchev–Trinajstić information content (AvgIpc) is 2.81. The molecule has 0 radical (unpaired) electrons. The molecule has 0 saturated carbocycles. The molecule has 0 saturated heterocycles. The molecule has 0 fully saturated rings. The molecule has 0 spiro atoms. The van der Waals surface area contributed by atoms with E-state index in [1.807, 2.05) is 61.5 Å². The molecular weight excluding hydrogens is 404 g/mol. The molecule has 2 rings (SSSR count). The van der Waals surface area contributed by atoms with E-state index in [1.165, 1.54) is 4.31 Å². The summed E-state index contributed by atoms with van der Waals surface area (Å²) in [5.41, 5.74) is 2.17. The summed E-state index contributed by atoms with van der Waals surface area (Å²) < 4.78 is 28.9. The van der Waals surface area contributed by atoms with Crippen molar-refractivity contribution >= 4 is 15.6 Å². The number of benzene rings is 2. The Hall–Kier alpha value is -2.63. The van der Waals surface area contributed by atoms with E-state index in [1.54, 1.807) is 24.3 Å². The quantitative estimate of drug-likeness (QED) is 0.406. The normalized spacial score (nSPS) is 12.5. The fraction of sp³-hybridized carbons (Fsp3) is 0.308. The summed E-state index contributed by atoms with van der Waals surface area (Å²) in [7, 11) is -3.74. The predicted molar refractivity (Wildman–Crippen MR) is 131 cm³/mol. The highest BCUT2D eigenvalue weighted by atomic mass is 32.2. The van der Waals surface area contributed by atoms with Crippen LogP contribution in [0.25, 0.3) is 5.57 Å². The van der Waals surface area contributed by atoms with Gasteiger partial charge in [-0.2, -0.15) is 0 Å². The molecule has 2 aromatic rings. The van der Waals surface area contributed by atoms with Crippen LogP contribution in [0.3, 0.4) is 0 Å². The second-order valence-electron chi connectivity index (χ2n) is 7.19. The van der Waals surface area contributed by atoms with Crippen LogP contribution in [0.15, 0.2) is 96.1 Å². The van der Waals surface area contributed by atoms with E-state index in [-0.39, 0.29) is 4.90 Å². The third kappa shape index (κ3) is 6.68. The van der Waals surface area contributed by atoms with Crippen LogP contribution >= 0.6 is 0 Å². The fourth-order valence-corrected chi connectivity index (χ4v) is 4.93. The van der Waals surface area contributed by atoms with Gasteiger partial charge in [-0.15, -0.1) is 0 Å². The molecule has 0 aliphatic heterocycles. The maximum atomic E-state index is 13.7. The van der Waals surface area contributed by atoms with Crippen LogP contribution in [0, 0.1) is 0 Å². The second kappa shape index (κ2) is 12.3. The van der Waals surface area contributed by atoms with Crippen molar-refractivity contribution in [1.82, 2.24) is 9.21 Å². The zero-order valence-electron chi connectivity index (χ0n) is 18.9. The highest BCUT2D eigenvalue weighted by molar-refractivity contribution is 7.89. The third-order valence-electron chi connectivity index (χ3n) is 5.21. The SMILES string of the molecule is C=C(/C(=C\C=C/C)N(CCCN(CC)CC)S(=O)(=O)c1ccccc1)c1ccccc1. The lowest BCUT2D eigenvalue weighted by Crippen LogP contribution is -2.34. The van der Waals surface area contributed by atoms with Crippen molar-refractivity contribution in [1.29, 1.82) is 0 Å². The molecule has 0 bridgehead atoms. The van der Waals surface area contributed by atoms with Gasteiger partial charge in [0.1, 0.15) is 0 Å². The lowest BCUT2D eigenvalue weighted by atomic mass is 10.0. The van der Waals surface area contributed by atoms with Crippen molar-refractivity contribution in [3.63, 3.8) is 0 Å². The molecule has 31 heavy (non-hydrogen) atoms. The number of hydrogen-bond acceptors (Lipinski definition) is 3. The molecule has 0 aliphatic rings. The monoisotopic (exact) mass is 438 g/mol. The summed E-state index contributed by atoms with van der Waals surface area (Å²) in [5.74, 6) is 0. The number of hydrogen-bond donors (Lipinski definition) is 0. The van der Waals surface area contributed by atoms with Gasteiger partial charge < -0.3 is 4.90 Å². The molecule has 0 aromatic heterocycles. The highest BCUT2D eigenvalue weighted by Crippen LogP contribution is 2.30. The summed E-state index contributed by atoms with van der Waals surface area (Å²) in [6.45, 7) is 13.5. The molecule has 0 aliphatic carbocycles. The smallest absolute Gasteiger partial charge is 0.264 e. The lowest BCUT2D eigenvalue weighted by molar-refractivity contribution is 0.291. The summed E-state index contributed by atoms with van der Waals surface area (Å²) in [6.07, 6.45) is 6.32. The van der Waals surface area contributed by atoms with Crippen molar-refractivity contribution in [3.05, 3.63) is 96.7 Å². The van der Waals surface area contributed by atoms with Crippen LogP contribution in [-0.2, 0) is 10.0 Å². The fourth-order valence-electron chi connectivity index (χ4n) is 3.38. The Balaban J connectivity index is 2.49. The lowest BCUT2D eigenvalue weighted by Gasteiger charge is -2.29. The maximum Gasteiger partial charge on any atom is 0.264 e. The number of rotatable bonds is 12. The Bertz CT molecular complexity index is 977. The van der Waals surface area contributed by atoms with E-state index in [2.05, 4.69) is 25.3 Å². The molecule has 166 valence electrons. The summed E-state index contributed by atoms with van der Waals surface area (Å²) in [4.78, 5) is 2.58. The van der Waals surface area contributed by atoms with Gasteiger partial charge in [0.25, 0.3) is 10.0 Å². The van der Waals surface area contributed by atoms with Gasteiger partial charge >= 0.3 is 0 Å². The van der Waals surface area contributed by atoms with Gasteiger partial charge in [-0.25, -0.2) is 8.42 Å². The van der Waals surface area contributed by atoms with E-state index in [4.69, 9.17) is 0 Å². The molecule has 0 heterocycles. The van der Waals surface area contributed by atoms with E-state index < -0.39 is 10.0 Å². The summed E-state index contributed by atoms with van der Waals surface area (Å²) >= 11 is 0. The van der Waals surface area contributed by atoms with Crippen LogP contribution in [0.5, 0.6) is 0 Å². The third-order valence-corrected chi connectivity index (χ3v) is 7.04. The van der Waals surface area contributed by atoms with Gasteiger partial charge in [0.15, 0.2) is 0 Å². The Morgan fingerprint density at radius 1 is 0.935 bits per heavy atom. The van der Waals surface area contributed by atoms with Gasteiger partial charge in [0.2, 0.25) is 0 Å². The van der Waals surface area contributed by atoms with Crippen molar-refractivity contribution in [2.45, 2.75) is 32.1 Å². The minimum Gasteiger partial charge on any atom is -0.304 e. The second-order valence-corrected chi connectivity index (χ2v) is 9.06. The largest absolute Gasteiger partial charge is 0.304 e. The minimum atomic E-state index is -3.74. The molecule has 0 atom stereocenters. The molecule has 4 nitrogen and oxygen atoms in total. The first-order valence-corrected chi connectivity index (χ1v) is 12.3. The maximum absolute atomic E-state index is 13.7. The van der Waals surface area contributed by atoms with E-state index in [9.17, 15) is 8.42 Å².